The van der Waals surface area contributed by atoms with Crippen LogP contribution in [0.25, 0.3) is 10.9 Å². The third-order valence-electron chi connectivity index (χ3n) is 2.89. The summed E-state index contributed by atoms with van der Waals surface area (Å²) < 4.78 is 6.50. The SMILES string of the molecule is CC(C)(C)OC(=O)n1c(CO)cc2c(C(=O)O)cccc21. The minimum absolute atomic E-state index is 0.0736. The molecule has 0 saturated carbocycles. The number of aliphatic hydroxyl groups excluding tert-OH is 1. The van der Waals surface area contributed by atoms with Gasteiger partial charge in [-0.05, 0) is 39.0 Å². The zero-order chi connectivity index (χ0) is 15.8. The second-order valence-corrected chi connectivity index (χ2v) is 5.65. The molecule has 0 fully saturated rings. The lowest BCUT2D eigenvalue weighted by molar-refractivity contribution is 0.0532. The Bertz CT molecular complexity index is 709. The second-order valence-electron chi connectivity index (χ2n) is 5.65. The van der Waals surface area contributed by atoms with Crippen LogP contribution in [0.3, 0.4) is 0 Å². The predicted molar refractivity (Wildman–Crippen MR) is 76.5 cm³/mol. The van der Waals surface area contributed by atoms with Gasteiger partial charge in [-0.1, -0.05) is 6.07 Å². The van der Waals surface area contributed by atoms with Crippen molar-refractivity contribution in [1.82, 2.24) is 4.57 Å². The van der Waals surface area contributed by atoms with Crippen molar-refractivity contribution in [3.8, 4) is 0 Å². The number of ether oxygens (including phenoxy) is 1. The van der Waals surface area contributed by atoms with Crippen molar-refractivity contribution >= 4 is 23.0 Å². The summed E-state index contributed by atoms with van der Waals surface area (Å²) in [6.07, 6.45) is -0.649. The van der Waals surface area contributed by atoms with E-state index in [9.17, 15) is 19.8 Å². The number of aromatic nitrogens is 1. The van der Waals surface area contributed by atoms with Crippen LogP contribution in [0.5, 0.6) is 0 Å². The zero-order valence-electron chi connectivity index (χ0n) is 12.1. The van der Waals surface area contributed by atoms with Crippen LogP contribution in [0.4, 0.5) is 4.79 Å². The zero-order valence-corrected chi connectivity index (χ0v) is 12.1. The number of hydrogen-bond donors (Lipinski definition) is 2. The molecule has 0 amide bonds. The standard InChI is InChI=1S/C15H17NO5/c1-15(2,3)21-14(20)16-9(8-17)7-11-10(13(18)19)5-4-6-12(11)16/h4-7,17H,8H2,1-3H3,(H,18,19). The van der Waals surface area contributed by atoms with E-state index < -0.39 is 24.3 Å². The van der Waals surface area contributed by atoms with Gasteiger partial charge in [0.2, 0.25) is 0 Å². The van der Waals surface area contributed by atoms with Crippen molar-refractivity contribution in [3.05, 3.63) is 35.5 Å². The van der Waals surface area contributed by atoms with Gasteiger partial charge < -0.3 is 14.9 Å². The Labute approximate surface area is 121 Å². The number of carboxylic acid groups (broad SMARTS) is 1. The van der Waals surface area contributed by atoms with Crippen LogP contribution in [-0.4, -0.2) is 32.4 Å². The molecule has 6 heteroatoms. The van der Waals surface area contributed by atoms with Crippen LogP contribution >= 0.6 is 0 Å². The Hall–Kier alpha value is -2.34. The van der Waals surface area contributed by atoms with Crippen LogP contribution in [0.1, 0.15) is 36.8 Å². The second kappa shape index (κ2) is 5.21. The quantitative estimate of drug-likeness (QED) is 0.887. The largest absolute Gasteiger partial charge is 0.478 e. The molecule has 2 aromatic rings. The Morgan fingerprint density at radius 3 is 2.48 bits per heavy atom. The summed E-state index contributed by atoms with van der Waals surface area (Å²) in [4.78, 5) is 23.5. The fourth-order valence-corrected chi connectivity index (χ4v) is 2.11. The molecule has 2 rings (SSSR count). The lowest BCUT2D eigenvalue weighted by Crippen LogP contribution is -2.28. The van der Waals surface area contributed by atoms with E-state index in [-0.39, 0.29) is 11.3 Å². The predicted octanol–water partition coefficient (Wildman–Crippen LogP) is 2.62. The van der Waals surface area contributed by atoms with Crippen LogP contribution in [0.15, 0.2) is 24.3 Å². The van der Waals surface area contributed by atoms with E-state index in [1.54, 1.807) is 32.9 Å². The van der Waals surface area contributed by atoms with Crippen molar-refractivity contribution in [3.63, 3.8) is 0 Å². The summed E-state index contributed by atoms with van der Waals surface area (Å²) in [5.74, 6) is -1.09. The van der Waals surface area contributed by atoms with Gasteiger partial charge in [-0.3, -0.25) is 0 Å². The molecular weight excluding hydrogens is 274 g/mol. The maximum absolute atomic E-state index is 12.3. The minimum atomic E-state index is -1.09. The number of nitrogens with zero attached hydrogens (tertiary/aromatic N) is 1. The van der Waals surface area contributed by atoms with Gasteiger partial charge in [0.25, 0.3) is 0 Å². The summed E-state index contributed by atoms with van der Waals surface area (Å²) >= 11 is 0. The Balaban J connectivity index is 2.65. The van der Waals surface area contributed by atoms with E-state index in [0.717, 1.165) is 0 Å². The molecule has 0 unspecified atom stereocenters. The fraction of sp³-hybridized carbons (Fsp3) is 0.333. The van der Waals surface area contributed by atoms with Crippen molar-refractivity contribution < 1.29 is 24.5 Å². The number of carboxylic acids is 1. The van der Waals surface area contributed by atoms with Crippen molar-refractivity contribution in [2.45, 2.75) is 33.0 Å². The lowest BCUT2D eigenvalue weighted by Gasteiger charge is -2.20. The van der Waals surface area contributed by atoms with Gasteiger partial charge in [-0.25, -0.2) is 14.2 Å². The highest BCUT2D eigenvalue weighted by molar-refractivity contribution is 6.05. The Morgan fingerprint density at radius 2 is 1.95 bits per heavy atom. The molecule has 2 N–H and O–H groups in total. The van der Waals surface area contributed by atoms with Gasteiger partial charge in [-0.15, -0.1) is 0 Å². The number of aliphatic hydroxyl groups is 1. The summed E-state index contributed by atoms with van der Waals surface area (Å²) in [7, 11) is 0. The number of benzene rings is 1. The molecule has 0 saturated heterocycles. The number of rotatable bonds is 2. The molecule has 1 aromatic heterocycles. The van der Waals surface area contributed by atoms with Crippen molar-refractivity contribution in [2.24, 2.45) is 0 Å². The van der Waals surface area contributed by atoms with E-state index in [1.807, 2.05) is 0 Å². The lowest BCUT2D eigenvalue weighted by atomic mass is 10.1. The molecule has 1 heterocycles. The molecule has 0 aliphatic heterocycles. The first-order valence-corrected chi connectivity index (χ1v) is 6.45. The van der Waals surface area contributed by atoms with E-state index in [1.165, 1.54) is 16.7 Å². The molecule has 0 aliphatic carbocycles. The maximum atomic E-state index is 12.3. The Kier molecular flexibility index (Phi) is 3.74. The number of fused-ring (bicyclic) bond motifs is 1. The smallest absolute Gasteiger partial charge is 0.419 e. The summed E-state index contributed by atoms with van der Waals surface area (Å²) in [5, 5.41) is 19.0. The highest BCUT2D eigenvalue weighted by Crippen LogP contribution is 2.25. The summed E-state index contributed by atoms with van der Waals surface area (Å²) in [5.41, 5.74) is 0.0656. The van der Waals surface area contributed by atoms with Gasteiger partial charge in [-0.2, -0.15) is 0 Å². The van der Waals surface area contributed by atoms with Crippen molar-refractivity contribution in [2.75, 3.05) is 0 Å². The van der Waals surface area contributed by atoms with Gasteiger partial charge in [0, 0.05) is 5.39 Å². The van der Waals surface area contributed by atoms with E-state index in [2.05, 4.69) is 0 Å². The molecular formula is C15H17NO5. The maximum Gasteiger partial charge on any atom is 0.419 e. The third kappa shape index (κ3) is 2.90. The highest BCUT2D eigenvalue weighted by atomic mass is 16.6. The van der Waals surface area contributed by atoms with Crippen LogP contribution in [0, 0.1) is 0 Å². The van der Waals surface area contributed by atoms with Crippen LogP contribution < -0.4 is 0 Å². The monoisotopic (exact) mass is 291 g/mol. The first-order chi connectivity index (χ1) is 9.74. The fourth-order valence-electron chi connectivity index (χ4n) is 2.11. The molecule has 0 bridgehead atoms. The molecule has 1 aromatic carbocycles. The molecule has 112 valence electrons. The van der Waals surface area contributed by atoms with Crippen LogP contribution in [-0.2, 0) is 11.3 Å². The molecule has 6 nitrogen and oxygen atoms in total. The van der Waals surface area contributed by atoms with Gasteiger partial charge >= 0.3 is 12.1 Å². The molecule has 0 spiro atoms. The number of hydrogen-bond acceptors (Lipinski definition) is 4. The van der Waals surface area contributed by atoms with E-state index in [4.69, 9.17) is 4.74 Å². The van der Waals surface area contributed by atoms with Gasteiger partial charge in [0.15, 0.2) is 0 Å². The van der Waals surface area contributed by atoms with Crippen LogP contribution in [0.2, 0.25) is 0 Å². The Morgan fingerprint density at radius 1 is 1.29 bits per heavy atom. The van der Waals surface area contributed by atoms with E-state index in [0.29, 0.717) is 10.9 Å². The number of carbonyl (C=O) groups is 2. The highest BCUT2D eigenvalue weighted by Gasteiger charge is 2.23. The van der Waals surface area contributed by atoms with Gasteiger partial charge in [0.1, 0.15) is 5.60 Å². The minimum Gasteiger partial charge on any atom is -0.478 e. The first-order valence-electron chi connectivity index (χ1n) is 6.45. The molecule has 0 aliphatic rings. The molecule has 21 heavy (non-hydrogen) atoms. The molecule has 0 radical (unpaired) electrons. The summed E-state index contributed by atoms with van der Waals surface area (Å²) in [6.45, 7) is 4.81. The summed E-state index contributed by atoms with van der Waals surface area (Å²) in [6, 6.07) is 6.10. The normalized spacial score (nSPS) is 11.6. The molecule has 0 atom stereocenters. The average Bonchev–Trinajstić information content (AvgIpc) is 2.74. The topological polar surface area (TPSA) is 88.8 Å². The first kappa shape index (κ1) is 15.1. The number of carbonyl (C=O) groups excluding carboxylic acids is 1. The van der Waals surface area contributed by atoms with Crippen molar-refractivity contribution in [1.29, 1.82) is 0 Å². The van der Waals surface area contributed by atoms with E-state index >= 15 is 0 Å². The van der Waals surface area contributed by atoms with Gasteiger partial charge in [0.05, 0.1) is 23.4 Å². The number of aromatic carboxylic acids is 1. The average molecular weight is 291 g/mol. The third-order valence-corrected chi connectivity index (χ3v) is 2.89.